The molecular formula is C15H15F3N4O. The molecule has 1 aliphatic heterocycles. The molecule has 0 radical (unpaired) electrons. The van der Waals surface area contributed by atoms with Crippen molar-refractivity contribution in [2.45, 2.75) is 26.1 Å². The lowest BCUT2D eigenvalue weighted by molar-refractivity contribution is -0.186. The van der Waals surface area contributed by atoms with E-state index < -0.39 is 12.1 Å². The molecule has 0 bridgehead atoms. The van der Waals surface area contributed by atoms with E-state index in [9.17, 15) is 18.0 Å². The van der Waals surface area contributed by atoms with E-state index in [1.807, 2.05) is 31.2 Å². The zero-order chi connectivity index (χ0) is 16.6. The van der Waals surface area contributed by atoms with Gasteiger partial charge in [-0.15, -0.1) is 0 Å². The molecule has 1 aromatic carbocycles. The molecule has 0 spiro atoms. The van der Waals surface area contributed by atoms with Crippen molar-refractivity contribution in [3.05, 3.63) is 41.1 Å². The summed E-state index contributed by atoms with van der Waals surface area (Å²) in [7, 11) is 0. The van der Waals surface area contributed by atoms with E-state index >= 15 is 0 Å². The molecule has 0 atom stereocenters. The Hall–Kier alpha value is -2.51. The molecule has 1 amide bonds. The van der Waals surface area contributed by atoms with Crippen LogP contribution in [0.2, 0.25) is 0 Å². The molecule has 0 unspecified atom stereocenters. The molecule has 5 nitrogen and oxygen atoms in total. The normalized spacial score (nSPS) is 14.5. The molecule has 0 aliphatic carbocycles. The number of rotatable bonds is 2. The fourth-order valence-electron chi connectivity index (χ4n) is 2.61. The van der Waals surface area contributed by atoms with Crippen LogP contribution >= 0.6 is 0 Å². The van der Waals surface area contributed by atoms with E-state index in [4.69, 9.17) is 0 Å². The van der Waals surface area contributed by atoms with Gasteiger partial charge in [-0.2, -0.15) is 18.3 Å². The first kappa shape index (κ1) is 15.4. The van der Waals surface area contributed by atoms with Crippen LogP contribution in [0.1, 0.15) is 16.8 Å². The summed E-state index contributed by atoms with van der Waals surface area (Å²) in [5.41, 5.74) is 3.19. The van der Waals surface area contributed by atoms with Gasteiger partial charge in [-0.05, 0) is 24.6 Å². The molecule has 1 aliphatic rings. The largest absolute Gasteiger partial charge is 0.471 e. The fraction of sp³-hybridized carbons (Fsp3) is 0.333. The zero-order valence-electron chi connectivity index (χ0n) is 12.4. The molecule has 8 heteroatoms. The molecule has 0 fully saturated rings. The highest BCUT2D eigenvalue weighted by atomic mass is 19.4. The van der Waals surface area contributed by atoms with Crippen molar-refractivity contribution in [1.82, 2.24) is 15.1 Å². The number of carbonyl (C=O) groups is 1. The van der Waals surface area contributed by atoms with Crippen LogP contribution in [-0.2, 0) is 17.8 Å². The van der Waals surface area contributed by atoms with Gasteiger partial charge < -0.3 is 10.2 Å². The van der Waals surface area contributed by atoms with Crippen LogP contribution in [0.25, 0.3) is 0 Å². The van der Waals surface area contributed by atoms with Crippen molar-refractivity contribution in [2.24, 2.45) is 0 Å². The third kappa shape index (κ3) is 3.15. The van der Waals surface area contributed by atoms with Crippen molar-refractivity contribution in [3.63, 3.8) is 0 Å². The van der Waals surface area contributed by atoms with Crippen LogP contribution in [0.4, 0.5) is 24.7 Å². The van der Waals surface area contributed by atoms with Gasteiger partial charge in [0.2, 0.25) is 0 Å². The van der Waals surface area contributed by atoms with Crippen LogP contribution in [0.15, 0.2) is 24.3 Å². The van der Waals surface area contributed by atoms with Crippen molar-refractivity contribution in [2.75, 3.05) is 11.9 Å². The smallest absolute Gasteiger partial charge is 0.338 e. The van der Waals surface area contributed by atoms with E-state index in [0.717, 1.165) is 21.8 Å². The third-order valence-electron chi connectivity index (χ3n) is 3.74. The Balaban J connectivity index is 1.82. The molecular weight excluding hydrogens is 309 g/mol. The molecule has 0 saturated carbocycles. The van der Waals surface area contributed by atoms with E-state index in [1.54, 1.807) is 0 Å². The lowest BCUT2D eigenvalue weighted by Crippen LogP contribution is -2.43. The zero-order valence-corrected chi connectivity index (χ0v) is 12.4. The minimum Gasteiger partial charge on any atom is -0.338 e. The Bertz CT molecular complexity index is 739. The van der Waals surface area contributed by atoms with Gasteiger partial charge in [-0.25, -0.2) is 0 Å². The van der Waals surface area contributed by atoms with Crippen molar-refractivity contribution >= 4 is 17.4 Å². The van der Waals surface area contributed by atoms with Crippen LogP contribution < -0.4 is 5.32 Å². The lowest BCUT2D eigenvalue weighted by atomic mass is 10.1. The first-order valence-electron chi connectivity index (χ1n) is 7.10. The number of nitrogens with zero attached hydrogens (tertiary/aromatic N) is 2. The monoisotopic (exact) mass is 324 g/mol. The Kier molecular flexibility index (Phi) is 3.75. The Morgan fingerprint density at radius 3 is 2.87 bits per heavy atom. The minimum atomic E-state index is -4.86. The highest BCUT2D eigenvalue weighted by Gasteiger charge is 2.43. The minimum absolute atomic E-state index is 0.0252. The van der Waals surface area contributed by atoms with Gasteiger partial charge >= 0.3 is 12.1 Å². The van der Waals surface area contributed by atoms with Gasteiger partial charge in [0.25, 0.3) is 0 Å². The summed E-state index contributed by atoms with van der Waals surface area (Å²) < 4.78 is 37.8. The number of benzene rings is 1. The lowest BCUT2D eigenvalue weighted by Gasteiger charge is -2.27. The van der Waals surface area contributed by atoms with Gasteiger partial charge in [0.1, 0.15) is 0 Å². The summed E-state index contributed by atoms with van der Waals surface area (Å²) in [6.45, 7) is 1.85. The van der Waals surface area contributed by atoms with Gasteiger partial charge in [0.05, 0.1) is 6.54 Å². The number of anilines is 2. The Morgan fingerprint density at radius 1 is 1.39 bits per heavy atom. The summed E-state index contributed by atoms with van der Waals surface area (Å²) in [4.78, 5) is 12.2. The molecule has 0 saturated heterocycles. The topological polar surface area (TPSA) is 61.0 Å². The first-order valence-corrected chi connectivity index (χ1v) is 7.10. The quantitative estimate of drug-likeness (QED) is 0.893. The number of amides is 1. The predicted molar refractivity (Wildman–Crippen MR) is 78.2 cm³/mol. The van der Waals surface area contributed by atoms with Crippen LogP contribution in [0, 0.1) is 6.92 Å². The Labute approximate surface area is 130 Å². The number of alkyl halides is 3. The molecule has 3 rings (SSSR count). The van der Waals surface area contributed by atoms with E-state index in [-0.39, 0.29) is 13.1 Å². The van der Waals surface area contributed by atoms with Crippen LogP contribution in [0.3, 0.4) is 0 Å². The molecule has 2 N–H and O–H groups in total. The SMILES string of the molecule is Cc1cccc(Nc2n[nH]c3c2CN(C(=O)C(F)(F)F)CC3)c1. The molecule has 122 valence electrons. The summed E-state index contributed by atoms with van der Waals surface area (Å²) >= 11 is 0. The molecule has 1 aromatic heterocycles. The second-order valence-corrected chi connectivity index (χ2v) is 5.50. The average molecular weight is 324 g/mol. The number of halogens is 3. The van der Waals surface area contributed by atoms with E-state index in [2.05, 4.69) is 15.5 Å². The van der Waals surface area contributed by atoms with Gasteiger partial charge in [-0.3, -0.25) is 9.89 Å². The average Bonchev–Trinajstić information content (AvgIpc) is 2.88. The second-order valence-electron chi connectivity index (χ2n) is 5.50. The number of hydrogen-bond acceptors (Lipinski definition) is 3. The third-order valence-corrected chi connectivity index (χ3v) is 3.74. The highest BCUT2D eigenvalue weighted by molar-refractivity contribution is 5.82. The summed E-state index contributed by atoms with van der Waals surface area (Å²) in [5, 5.41) is 10.0. The number of fused-ring (bicyclic) bond motifs is 1. The number of aromatic amines is 1. The van der Waals surface area contributed by atoms with E-state index in [0.29, 0.717) is 17.8 Å². The number of hydrogen-bond donors (Lipinski definition) is 2. The number of nitrogens with one attached hydrogen (secondary N) is 2. The summed E-state index contributed by atoms with van der Waals surface area (Å²) in [6.07, 6.45) is -4.54. The van der Waals surface area contributed by atoms with Crippen molar-refractivity contribution in [1.29, 1.82) is 0 Å². The van der Waals surface area contributed by atoms with E-state index in [1.165, 1.54) is 0 Å². The highest BCUT2D eigenvalue weighted by Crippen LogP contribution is 2.29. The van der Waals surface area contributed by atoms with Crippen LogP contribution in [0.5, 0.6) is 0 Å². The van der Waals surface area contributed by atoms with Crippen molar-refractivity contribution < 1.29 is 18.0 Å². The maximum Gasteiger partial charge on any atom is 0.471 e. The number of aryl methyl sites for hydroxylation is 1. The summed E-state index contributed by atoms with van der Waals surface area (Å²) in [5.74, 6) is -1.36. The fourth-order valence-corrected chi connectivity index (χ4v) is 2.61. The van der Waals surface area contributed by atoms with Gasteiger partial charge in [0.15, 0.2) is 5.82 Å². The maximum absolute atomic E-state index is 12.6. The van der Waals surface area contributed by atoms with Crippen LogP contribution in [-0.4, -0.2) is 33.7 Å². The number of H-pyrrole nitrogens is 1. The Morgan fingerprint density at radius 2 is 2.17 bits per heavy atom. The number of aromatic nitrogens is 2. The standard InChI is InChI=1S/C15H15F3N4O/c1-9-3-2-4-10(7-9)19-13-11-8-22(14(23)15(16,17)18)6-5-12(11)20-21-13/h2-4,7H,5-6,8H2,1H3,(H2,19,20,21). The predicted octanol–water partition coefficient (Wildman–Crippen LogP) is 2.91. The van der Waals surface area contributed by atoms with Gasteiger partial charge in [0, 0.05) is 29.9 Å². The summed E-state index contributed by atoms with van der Waals surface area (Å²) in [6, 6.07) is 7.56. The second kappa shape index (κ2) is 5.60. The molecule has 2 heterocycles. The number of carbonyl (C=O) groups excluding carboxylic acids is 1. The molecule has 2 aromatic rings. The first-order chi connectivity index (χ1) is 10.8. The van der Waals surface area contributed by atoms with Crippen molar-refractivity contribution in [3.8, 4) is 0 Å². The molecule has 23 heavy (non-hydrogen) atoms. The van der Waals surface area contributed by atoms with Gasteiger partial charge in [-0.1, -0.05) is 12.1 Å². The maximum atomic E-state index is 12.6.